The van der Waals surface area contributed by atoms with Crippen LogP contribution in [0.1, 0.15) is 43.6 Å². The van der Waals surface area contributed by atoms with Crippen molar-refractivity contribution in [3.63, 3.8) is 0 Å². The molecule has 0 unspecified atom stereocenters. The van der Waals surface area contributed by atoms with Gasteiger partial charge in [-0.25, -0.2) is 4.79 Å². The molecule has 0 amide bonds. The van der Waals surface area contributed by atoms with E-state index in [1.165, 1.54) is 25.7 Å². The number of non-ortho nitro benzene ring substituents is 1. The SMILES string of the molecule is COC(=O)Oc1cc([N+](=O)[O-])cc(Br)c1C1CCCCC1. The Morgan fingerprint density at radius 3 is 2.57 bits per heavy atom. The maximum absolute atomic E-state index is 11.4. The standard InChI is InChI=1S/C14H16BrNO5/c1-20-14(17)21-12-8-10(16(18)19)7-11(15)13(12)9-5-3-2-4-6-9/h7-9H,2-6H2,1H3. The zero-order chi connectivity index (χ0) is 15.4. The molecule has 0 radical (unpaired) electrons. The van der Waals surface area contributed by atoms with E-state index >= 15 is 0 Å². The van der Waals surface area contributed by atoms with E-state index < -0.39 is 11.1 Å². The minimum absolute atomic E-state index is 0.125. The van der Waals surface area contributed by atoms with Crippen molar-refractivity contribution in [3.8, 4) is 5.75 Å². The molecule has 0 bridgehead atoms. The van der Waals surface area contributed by atoms with Crippen LogP contribution in [0.2, 0.25) is 0 Å². The monoisotopic (exact) mass is 357 g/mol. The second-order valence-electron chi connectivity index (χ2n) is 4.99. The van der Waals surface area contributed by atoms with Crippen LogP contribution >= 0.6 is 15.9 Å². The van der Waals surface area contributed by atoms with Crippen LogP contribution < -0.4 is 4.74 Å². The van der Waals surface area contributed by atoms with Gasteiger partial charge in [0, 0.05) is 16.1 Å². The third-order valence-corrected chi connectivity index (χ3v) is 4.32. The quantitative estimate of drug-likeness (QED) is 0.343. The Balaban J connectivity index is 2.44. The Bertz CT molecular complexity index is 555. The Morgan fingerprint density at radius 2 is 2.00 bits per heavy atom. The fourth-order valence-corrected chi connectivity index (χ4v) is 3.44. The van der Waals surface area contributed by atoms with Gasteiger partial charge in [0.25, 0.3) is 5.69 Å². The third-order valence-electron chi connectivity index (χ3n) is 3.66. The van der Waals surface area contributed by atoms with Crippen molar-refractivity contribution in [2.75, 3.05) is 7.11 Å². The molecule has 7 heteroatoms. The van der Waals surface area contributed by atoms with Crippen LogP contribution in [0.5, 0.6) is 5.75 Å². The number of halogens is 1. The smallest absolute Gasteiger partial charge is 0.437 e. The Kier molecular flexibility index (Phi) is 5.17. The lowest BCUT2D eigenvalue weighted by Crippen LogP contribution is -2.13. The molecular weight excluding hydrogens is 342 g/mol. The van der Waals surface area contributed by atoms with E-state index in [0.717, 1.165) is 31.2 Å². The number of hydrogen-bond acceptors (Lipinski definition) is 5. The molecule has 0 heterocycles. The van der Waals surface area contributed by atoms with Gasteiger partial charge in [0.1, 0.15) is 5.75 Å². The van der Waals surface area contributed by atoms with Crippen LogP contribution in [0.15, 0.2) is 16.6 Å². The average molecular weight is 358 g/mol. The van der Waals surface area contributed by atoms with E-state index in [-0.39, 0.29) is 17.4 Å². The summed E-state index contributed by atoms with van der Waals surface area (Å²) >= 11 is 3.38. The second-order valence-corrected chi connectivity index (χ2v) is 5.84. The van der Waals surface area contributed by atoms with Crippen molar-refractivity contribution in [3.05, 3.63) is 32.3 Å². The molecule has 1 fully saturated rings. The molecule has 0 atom stereocenters. The van der Waals surface area contributed by atoms with E-state index in [0.29, 0.717) is 4.47 Å². The Hall–Kier alpha value is -1.63. The molecule has 21 heavy (non-hydrogen) atoms. The average Bonchev–Trinajstić information content (AvgIpc) is 2.47. The number of carbonyl (C=O) groups excluding carboxylic acids is 1. The summed E-state index contributed by atoms with van der Waals surface area (Å²) in [6.07, 6.45) is 4.48. The van der Waals surface area contributed by atoms with E-state index in [4.69, 9.17) is 4.74 Å². The summed E-state index contributed by atoms with van der Waals surface area (Å²) in [5, 5.41) is 11.0. The molecule has 1 aromatic rings. The Morgan fingerprint density at radius 1 is 1.33 bits per heavy atom. The van der Waals surface area contributed by atoms with Gasteiger partial charge in [-0.2, -0.15) is 0 Å². The molecule has 0 N–H and O–H groups in total. The van der Waals surface area contributed by atoms with Crippen molar-refractivity contribution in [1.29, 1.82) is 0 Å². The molecule has 1 saturated carbocycles. The van der Waals surface area contributed by atoms with Gasteiger partial charge in [0.05, 0.1) is 18.1 Å². The van der Waals surface area contributed by atoms with Gasteiger partial charge < -0.3 is 9.47 Å². The molecule has 0 saturated heterocycles. The molecule has 1 aliphatic rings. The lowest BCUT2D eigenvalue weighted by Gasteiger charge is -2.24. The summed E-state index contributed by atoms with van der Waals surface area (Å²) in [6, 6.07) is 2.74. The van der Waals surface area contributed by atoms with Crippen molar-refractivity contribution in [1.82, 2.24) is 0 Å². The highest BCUT2D eigenvalue weighted by atomic mass is 79.9. The second kappa shape index (κ2) is 6.89. The summed E-state index contributed by atoms with van der Waals surface area (Å²) in [4.78, 5) is 21.8. The van der Waals surface area contributed by atoms with Crippen molar-refractivity contribution in [2.45, 2.75) is 38.0 Å². The van der Waals surface area contributed by atoms with Gasteiger partial charge in [0.2, 0.25) is 0 Å². The molecule has 1 aromatic carbocycles. The van der Waals surface area contributed by atoms with Gasteiger partial charge >= 0.3 is 6.16 Å². The van der Waals surface area contributed by atoms with Crippen LogP contribution in [-0.4, -0.2) is 18.2 Å². The first-order chi connectivity index (χ1) is 10.0. The number of ether oxygens (including phenoxy) is 2. The molecule has 0 aromatic heterocycles. The molecule has 0 aliphatic heterocycles. The lowest BCUT2D eigenvalue weighted by atomic mass is 9.83. The summed E-state index contributed by atoms with van der Waals surface area (Å²) in [5.74, 6) is 0.434. The van der Waals surface area contributed by atoms with Gasteiger partial charge in [-0.05, 0) is 18.8 Å². The van der Waals surface area contributed by atoms with Crippen molar-refractivity contribution < 1.29 is 19.2 Å². The zero-order valence-corrected chi connectivity index (χ0v) is 13.2. The summed E-state index contributed by atoms with van der Waals surface area (Å²) < 4.78 is 10.2. The minimum Gasteiger partial charge on any atom is -0.437 e. The predicted molar refractivity (Wildman–Crippen MR) is 79.7 cm³/mol. The van der Waals surface area contributed by atoms with Crippen LogP contribution in [0.3, 0.4) is 0 Å². The summed E-state index contributed by atoms with van der Waals surface area (Å²) in [7, 11) is 1.20. The third kappa shape index (κ3) is 3.72. The van der Waals surface area contributed by atoms with Crippen LogP contribution in [0.4, 0.5) is 10.5 Å². The number of nitro benzene ring substituents is 1. The number of rotatable bonds is 3. The van der Waals surface area contributed by atoms with Crippen molar-refractivity contribution >= 4 is 27.8 Å². The first kappa shape index (κ1) is 15.8. The highest BCUT2D eigenvalue weighted by Gasteiger charge is 2.26. The van der Waals surface area contributed by atoms with Crippen LogP contribution in [-0.2, 0) is 4.74 Å². The van der Waals surface area contributed by atoms with Gasteiger partial charge in [-0.1, -0.05) is 35.2 Å². The topological polar surface area (TPSA) is 78.7 Å². The molecule has 2 rings (SSSR count). The number of carbonyl (C=O) groups is 1. The largest absolute Gasteiger partial charge is 0.513 e. The van der Waals surface area contributed by atoms with Crippen molar-refractivity contribution in [2.24, 2.45) is 0 Å². The highest BCUT2D eigenvalue weighted by molar-refractivity contribution is 9.10. The minimum atomic E-state index is -0.876. The van der Waals surface area contributed by atoms with E-state index in [2.05, 4.69) is 20.7 Å². The zero-order valence-electron chi connectivity index (χ0n) is 11.6. The predicted octanol–water partition coefficient (Wildman–Crippen LogP) is 4.55. The fourth-order valence-electron chi connectivity index (χ4n) is 2.69. The van der Waals surface area contributed by atoms with Gasteiger partial charge in [0.15, 0.2) is 0 Å². The number of methoxy groups -OCH3 is 1. The fraction of sp³-hybridized carbons (Fsp3) is 0.500. The van der Waals surface area contributed by atoms with E-state index in [1.54, 1.807) is 0 Å². The number of benzene rings is 1. The maximum atomic E-state index is 11.4. The number of nitro groups is 1. The van der Waals surface area contributed by atoms with Gasteiger partial charge in [-0.15, -0.1) is 0 Å². The first-order valence-corrected chi connectivity index (χ1v) is 7.56. The molecular formula is C14H16BrNO5. The molecule has 114 valence electrons. The summed E-state index contributed by atoms with van der Waals surface area (Å²) in [5.41, 5.74) is 0.686. The van der Waals surface area contributed by atoms with Gasteiger partial charge in [-0.3, -0.25) is 10.1 Å². The maximum Gasteiger partial charge on any atom is 0.513 e. The van der Waals surface area contributed by atoms with E-state index in [1.807, 2.05) is 0 Å². The van der Waals surface area contributed by atoms with Crippen LogP contribution in [0.25, 0.3) is 0 Å². The van der Waals surface area contributed by atoms with Crippen LogP contribution in [0, 0.1) is 10.1 Å². The lowest BCUT2D eigenvalue weighted by molar-refractivity contribution is -0.385. The normalized spacial score (nSPS) is 15.5. The summed E-state index contributed by atoms with van der Waals surface area (Å²) in [6.45, 7) is 0. The number of hydrogen-bond donors (Lipinski definition) is 0. The Labute approximate surface area is 130 Å². The number of nitrogens with zero attached hydrogens (tertiary/aromatic N) is 1. The molecule has 1 aliphatic carbocycles. The molecule has 0 spiro atoms. The molecule has 6 nitrogen and oxygen atoms in total. The first-order valence-electron chi connectivity index (χ1n) is 6.76. The van der Waals surface area contributed by atoms with E-state index in [9.17, 15) is 14.9 Å². The highest BCUT2D eigenvalue weighted by Crippen LogP contribution is 2.43.